The third kappa shape index (κ3) is 3.15. The summed E-state index contributed by atoms with van der Waals surface area (Å²) < 4.78 is 5.56. The van der Waals surface area contributed by atoms with Crippen molar-refractivity contribution in [2.45, 2.75) is 19.8 Å². The van der Waals surface area contributed by atoms with E-state index in [2.05, 4.69) is 19.9 Å². The van der Waals surface area contributed by atoms with E-state index in [4.69, 9.17) is 4.74 Å². The Labute approximate surface area is 161 Å². The summed E-state index contributed by atoms with van der Waals surface area (Å²) in [6.45, 7) is 5.79. The molecule has 2 fully saturated rings. The fourth-order valence-corrected chi connectivity index (χ4v) is 5.17. The van der Waals surface area contributed by atoms with E-state index in [1.54, 1.807) is 18.3 Å². The molecule has 0 saturated carbocycles. The Hall–Kier alpha value is -2.25. The third-order valence-electron chi connectivity index (χ3n) is 5.73. The molecule has 140 valence electrons. The van der Waals surface area contributed by atoms with Gasteiger partial charge < -0.3 is 14.6 Å². The topological polar surface area (TPSA) is 71.1 Å². The van der Waals surface area contributed by atoms with Crippen LogP contribution in [-0.2, 0) is 4.74 Å². The normalized spacial score (nSPS) is 22.8. The summed E-state index contributed by atoms with van der Waals surface area (Å²) in [6, 6.07) is 5.81. The van der Waals surface area contributed by atoms with Crippen LogP contribution in [0.3, 0.4) is 0 Å². The summed E-state index contributed by atoms with van der Waals surface area (Å²) in [6.07, 6.45) is 4.36. The first-order chi connectivity index (χ1) is 13.2. The molecule has 1 N–H and O–H groups in total. The average Bonchev–Trinajstić information content (AvgIpc) is 3.40. The molecule has 0 amide bonds. The minimum absolute atomic E-state index is 0.0898. The zero-order valence-electron chi connectivity index (χ0n) is 15.3. The highest BCUT2D eigenvalue weighted by Gasteiger charge is 2.32. The number of rotatable bonds is 3. The Morgan fingerprint density at radius 3 is 3.07 bits per heavy atom. The highest BCUT2D eigenvalue weighted by molar-refractivity contribution is 7.18. The Bertz CT molecular complexity index is 1040. The Morgan fingerprint density at radius 2 is 2.22 bits per heavy atom. The number of ether oxygens (including phenoxy) is 1. The maximum atomic E-state index is 12.0. The van der Waals surface area contributed by atoms with Gasteiger partial charge in [0.2, 0.25) is 0 Å². The van der Waals surface area contributed by atoms with Gasteiger partial charge in [0, 0.05) is 32.5 Å². The van der Waals surface area contributed by atoms with Crippen molar-refractivity contribution in [1.29, 1.82) is 0 Å². The number of benzene rings is 1. The van der Waals surface area contributed by atoms with Gasteiger partial charge in [0.25, 0.3) is 5.56 Å². The molecule has 7 heteroatoms. The van der Waals surface area contributed by atoms with Crippen LogP contribution in [0.1, 0.15) is 18.7 Å². The van der Waals surface area contributed by atoms with Gasteiger partial charge in [0.1, 0.15) is 5.82 Å². The number of thiazole rings is 1. The fourth-order valence-electron chi connectivity index (χ4n) is 4.22. The molecule has 2 atom stereocenters. The zero-order valence-corrected chi connectivity index (χ0v) is 16.1. The molecule has 27 heavy (non-hydrogen) atoms. The lowest BCUT2D eigenvalue weighted by molar-refractivity contribution is 0.174. The Balaban J connectivity index is 1.39. The van der Waals surface area contributed by atoms with Crippen LogP contribution >= 0.6 is 11.3 Å². The second-order valence-corrected chi connectivity index (χ2v) is 8.52. The molecule has 0 spiro atoms. The zero-order chi connectivity index (χ0) is 18.4. The molecule has 4 heterocycles. The molecule has 0 aliphatic carbocycles. The summed E-state index contributed by atoms with van der Waals surface area (Å²) in [5.74, 6) is 2.07. The molecule has 0 bridgehead atoms. The number of nitrogens with zero attached hydrogens (tertiary/aromatic N) is 3. The van der Waals surface area contributed by atoms with Crippen molar-refractivity contribution >= 4 is 27.4 Å². The van der Waals surface area contributed by atoms with Crippen LogP contribution in [0.15, 0.2) is 29.2 Å². The number of fused-ring (bicyclic) bond motifs is 1. The monoisotopic (exact) mass is 382 g/mol. The van der Waals surface area contributed by atoms with Crippen molar-refractivity contribution in [1.82, 2.24) is 15.0 Å². The highest BCUT2D eigenvalue weighted by atomic mass is 32.1. The van der Waals surface area contributed by atoms with Gasteiger partial charge in [0.15, 0.2) is 5.13 Å². The minimum atomic E-state index is -0.0898. The van der Waals surface area contributed by atoms with Crippen LogP contribution < -0.4 is 10.5 Å². The maximum absolute atomic E-state index is 12.0. The minimum Gasteiger partial charge on any atom is -0.381 e. The van der Waals surface area contributed by atoms with Gasteiger partial charge >= 0.3 is 0 Å². The third-order valence-corrected chi connectivity index (χ3v) is 6.84. The van der Waals surface area contributed by atoms with Crippen LogP contribution in [0.5, 0.6) is 0 Å². The fraction of sp³-hybridized carbons (Fsp3) is 0.450. The van der Waals surface area contributed by atoms with Gasteiger partial charge in [-0.3, -0.25) is 4.79 Å². The van der Waals surface area contributed by atoms with Crippen molar-refractivity contribution in [3.05, 3.63) is 40.6 Å². The number of nitrogens with one attached hydrogen (secondary N) is 1. The van der Waals surface area contributed by atoms with Gasteiger partial charge in [-0.1, -0.05) is 17.4 Å². The standard InChI is InChI=1S/C20H22N4O2S/c1-12-22-17-8-13(2-3-16(17)19(25)23-12)18-9-21-20(27-18)24-6-4-14(10-24)15-5-7-26-11-15/h2-3,8-9,14-15H,4-7,10-11H2,1H3,(H,22,23,25). The van der Waals surface area contributed by atoms with Gasteiger partial charge in [-0.25, -0.2) is 9.97 Å². The van der Waals surface area contributed by atoms with Crippen LogP contribution in [0.2, 0.25) is 0 Å². The van der Waals surface area contributed by atoms with Crippen molar-refractivity contribution in [3.8, 4) is 10.4 Å². The molecule has 2 aromatic heterocycles. The Kier molecular flexibility index (Phi) is 4.21. The molecule has 2 aliphatic heterocycles. The van der Waals surface area contributed by atoms with Crippen molar-refractivity contribution < 1.29 is 4.74 Å². The van der Waals surface area contributed by atoms with Gasteiger partial charge in [-0.15, -0.1) is 0 Å². The van der Waals surface area contributed by atoms with E-state index in [-0.39, 0.29) is 5.56 Å². The molecule has 2 aliphatic rings. The van der Waals surface area contributed by atoms with Crippen molar-refractivity contribution in [3.63, 3.8) is 0 Å². The molecule has 0 radical (unpaired) electrons. The number of hydrogen-bond donors (Lipinski definition) is 1. The molecule has 3 aromatic rings. The number of aromatic nitrogens is 3. The summed E-state index contributed by atoms with van der Waals surface area (Å²) in [7, 11) is 0. The predicted octanol–water partition coefficient (Wildman–Crippen LogP) is 3.22. The SMILES string of the molecule is Cc1nc2cc(-c3cnc(N4CCC(C5CCOC5)C4)s3)ccc2c(=O)[nH]1. The quantitative estimate of drug-likeness (QED) is 0.753. The smallest absolute Gasteiger partial charge is 0.258 e. The van der Waals surface area contributed by atoms with E-state index in [0.717, 1.165) is 53.3 Å². The summed E-state index contributed by atoms with van der Waals surface area (Å²) in [5, 5.41) is 1.71. The van der Waals surface area contributed by atoms with E-state index in [1.165, 1.54) is 12.8 Å². The largest absolute Gasteiger partial charge is 0.381 e. The van der Waals surface area contributed by atoms with E-state index in [0.29, 0.717) is 17.1 Å². The van der Waals surface area contributed by atoms with E-state index < -0.39 is 0 Å². The van der Waals surface area contributed by atoms with Crippen LogP contribution in [-0.4, -0.2) is 41.3 Å². The van der Waals surface area contributed by atoms with Crippen LogP contribution in [0.4, 0.5) is 5.13 Å². The highest BCUT2D eigenvalue weighted by Crippen LogP contribution is 2.37. The van der Waals surface area contributed by atoms with E-state index >= 15 is 0 Å². The first-order valence-corrected chi connectivity index (χ1v) is 10.3. The van der Waals surface area contributed by atoms with Crippen LogP contribution in [0.25, 0.3) is 21.3 Å². The molecular weight excluding hydrogens is 360 g/mol. The van der Waals surface area contributed by atoms with Gasteiger partial charge in [-0.2, -0.15) is 0 Å². The van der Waals surface area contributed by atoms with Crippen LogP contribution in [0, 0.1) is 18.8 Å². The summed E-state index contributed by atoms with van der Waals surface area (Å²) >= 11 is 1.71. The molecule has 6 nitrogen and oxygen atoms in total. The second-order valence-electron chi connectivity index (χ2n) is 7.51. The average molecular weight is 382 g/mol. The van der Waals surface area contributed by atoms with Gasteiger partial charge in [0.05, 0.1) is 15.8 Å². The summed E-state index contributed by atoms with van der Waals surface area (Å²) in [4.78, 5) is 27.5. The molecule has 2 unspecified atom stereocenters. The first kappa shape index (κ1) is 16.9. The number of anilines is 1. The maximum Gasteiger partial charge on any atom is 0.258 e. The van der Waals surface area contributed by atoms with Crippen molar-refractivity contribution in [2.75, 3.05) is 31.2 Å². The molecule has 1 aromatic carbocycles. The van der Waals surface area contributed by atoms with Gasteiger partial charge in [-0.05, 0) is 49.3 Å². The molecular formula is C20H22N4O2S. The first-order valence-electron chi connectivity index (χ1n) is 9.47. The lowest BCUT2D eigenvalue weighted by atomic mass is 9.91. The lowest BCUT2D eigenvalue weighted by Crippen LogP contribution is -2.22. The second kappa shape index (κ2) is 6.73. The summed E-state index contributed by atoms with van der Waals surface area (Å²) in [5.41, 5.74) is 1.70. The Morgan fingerprint density at radius 1 is 1.30 bits per heavy atom. The molecule has 5 rings (SSSR count). The van der Waals surface area contributed by atoms with E-state index in [1.807, 2.05) is 24.4 Å². The molecule has 2 saturated heterocycles. The van der Waals surface area contributed by atoms with Crippen molar-refractivity contribution in [2.24, 2.45) is 11.8 Å². The number of aryl methyl sites for hydroxylation is 1. The number of hydrogen-bond acceptors (Lipinski definition) is 6. The lowest BCUT2D eigenvalue weighted by Gasteiger charge is -2.18. The number of H-pyrrole nitrogens is 1. The predicted molar refractivity (Wildman–Crippen MR) is 107 cm³/mol. The number of aromatic amines is 1. The van der Waals surface area contributed by atoms with E-state index in [9.17, 15) is 4.79 Å².